The minimum Gasteiger partial charge on any atom is -0.486 e. The summed E-state index contributed by atoms with van der Waals surface area (Å²) in [5, 5.41) is 2.93. The zero-order chi connectivity index (χ0) is 19.6. The van der Waals surface area contributed by atoms with Crippen LogP contribution in [0.2, 0.25) is 0 Å². The van der Waals surface area contributed by atoms with Crippen LogP contribution in [0.1, 0.15) is 18.1 Å². The van der Waals surface area contributed by atoms with Gasteiger partial charge in [-0.3, -0.25) is 9.69 Å². The van der Waals surface area contributed by atoms with E-state index in [1.165, 1.54) is 6.07 Å². The number of benzene rings is 2. The minimum absolute atomic E-state index is 0.00308. The molecule has 1 amide bonds. The number of nitrogens with one attached hydrogen (secondary N) is 1. The third-order valence-corrected chi connectivity index (χ3v) is 5.37. The molecule has 6 heteroatoms. The second kappa shape index (κ2) is 7.80. The standard InChI is InChI=1S/C22H25FN2O3/c1-2-24-21(26)22(12-17-5-3-4-6-18(17)23)14-25(15-22)13-16-7-8-19-20(11-16)28-10-9-27-19/h3-8,11H,2,9-10,12-15H2,1H3,(H,24,26). The second-order valence-corrected chi connectivity index (χ2v) is 7.53. The van der Waals surface area contributed by atoms with Crippen LogP contribution in [0.25, 0.3) is 0 Å². The lowest BCUT2D eigenvalue weighted by Gasteiger charge is -2.49. The Bertz CT molecular complexity index is 865. The molecule has 0 aromatic heterocycles. The van der Waals surface area contributed by atoms with Crippen molar-refractivity contribution in [1.29, 1.82) is 0 Å². The molecule has 0 saturated carbocycles. The molecule has 2 aromatic carbocycles. The first-order valence-corrected chi connectivity index (χ1v) is 9.72. The maximum absolute atomic E-state index is 14.2. The van der Waals surface area contributed by atoms with Crippen LogP contribution in [0, 0.1) is 11.2 Å². The van der Waals surface area contributed by atoms with E-state index in [1.807, 2.05) is 31.2 Å². The number of carbonyl (C=O) groups excluding carboxylic acids is 1. The van der Waals surface area contributed by atoms with Gasteiger partial charge in [-0.25, -0.2) is 4.39 Å². The van der Waals surface area contributed by atoms with Crippen molar-refractivity contribution in [3.05, 3.63) is 59.4 Å². The summed E-state index contributed by atoms with van der Waals surface area (Å²) in [5.74, 6) is 1.29. The van der Waals surface area contributed by atoms with Crippen molar-refractivity contribution in [3.63, 3.8) is 0 Å². The number of nitrogens with zero attached hydrogens (tertiary/aromatic N) is 1. The number of rotatable bonds is 6. The van der Waals surface area contributed by atoms with Crippen LogP contribution in [0.3, 0.4) is 0 Å². The number of fused-ring (bicyclic) bond motifs is 1. The first-order valence-electron chi connectivity index (χ1n) is 9.72. The average molecular weight is 384 g/mol. The molecule has 0 atom stereocenters. The summed E-state index contributed by atoms with van der Waals surface area (Å²) in [6.45, 7) is 5.52. The highest BCUT2D eigenvalue weighted by molar-refractivity contribution is 5.84. The van der Waals surface area contributed by atoms with Crippen LogP contribution < -0.4 is 14.8 Å². The number of carbonyl (C=O) groups is 1. The molecule has 1 fully saturated rings. The number of hydrogen-bond acceptors (Lipinski definition) is 4. The van der Waals surface area contributed by atoms with Gasteiger partial charge in [-0.1, -0.05) is 24.3 Å². The Labute approximate surface area is 164 Å². The van der Waals surface area contributed by atoms with Crippen molar-refractivity contribution in [2.45, 2.75) is 19.9 Å². The van der Waals surface area contributed by atoms with Gasteiger partial charge < -0.3 is 14.8 Å². The molecule has 0 aliphatic carbocycles. The number of likely N-dealkylation sites (tertiary alicyclic amines) is 1. The molecule has 28 heavy (non-hydrogen) atoms. The number of hydrogen-bond donors (Lipinski definition) is 1. The Morgan fingerprint density at radius 3 is 2.64 bits per heavy atom. The van der Waals surface area contributed by atoms with Crippen molar-refractivity contribution in [1.82, 2.24) is 10.2 Å². The van der Waals surface area contributed by atoms with Crippen LogP contribution in [0.4, 0.5) is 4.39 Å². The molecule has 2 aliphatic heterocycles. The molecule has 2 aliphatic rings. The fourth-order valence-corrected chi connectivity index (χ4v) is 4.06. The highest BCUT2D eigenvalue weighted by Crippen LogP contribution is 2.37. The first kappa shape index (κ1) is 18.7. The summed E-state index contributed by atoms with van der Waals surface area (Å²) < 4.78 is 25.4. The molecule has 148 valence electrons. The number of ether oxygens (including phenoxy) is 2. The van der Waals surface area contributed by atoms with Gasteiger partial charge in [0.2, 0.25) is 5.91 Å². The van der Waals surface area contributed by atoms with Crippen LogP contribution in [0.5, 0.6) is 11.5 Å². The van der Waals surface area contributed by atoms with E-state index in [9.17, 15) is 9.18 Å². The summed E-state index contributed by atoms with van der Waals surface area (Å²) in [4.78, 5) is 15.0. The largest absolute Gasteiger partial charge is 0.486 e. The number of amides is 1. The fraction of sp³-hybridized carbons (Fsp3) is 0.409. The third-order valence-electron chi connectivity index (χ3n) is 5.37. The van der Waals surface area contributed by atoms with Crippen LogP contribution in [0.15, 0.2) is 42.5 Å². The quantitative estimate of drug-likeness (QED) is 0.832. The van der Waals surface area contributed by atoms with Gasteiger partial charge in [-0.2, -0.15) is 0 Å². The van der Waals surface area contributed by atoms with Gasteiger partial charge in [0.15, 0.2) is 11.5 Å². The maximum Gasteiger partial charge on any atom is 0.229 e. The molecule has 0 unspecified atom stereocenters. The molecular formula is C22H25FN2O3. The van der Waals surface area contributed by atoms with Crippen molar-refractivity contribution in [3.8, 4) is 11.5 Å². The van der Waals surface area contributed by atoms with Gasteiger partial charge in [-0.05, 0) is 42.7 Å². The topological polar surface area (TPSA) is 50.8 Å². The van der Waals surface area contributed by atoms with E-state index in [-0.39, 0.29) is 11.7 Å². The van der Waals surface area contributed by atoms with Gasteiger partial charge in [0.05, 0.1) is 5.41 Å². The monoisotopic (exact) mass is 384 g/mol. The van der Waals surface area contributed by atoms with Gasteiger partial charge in [0.25, 0.3) is 0 Å². The van der Waals surface area contributed by atoms with E-state index in [4.69, 9.17) is 9.47 Å². The van der Waals surface area contributed by atoms with Crippen molar-refractivity contribution >= 4 is 5.91 Å². The Morgan fingerprint density at radius 2 is 1.89 bits per heavy atom. The van der Waals surface area contributed by atoms with Crippen molar-refractivity contribution in [2.24, 2.45) is 5.41 Å². The Morgan fingerprint density at radius 1 is 1.14 bits per heavy atom. The van der Waals surface area contributed by atoms with E-state index in [0.29, 0.717) is 44.8 Å². The molecule has 1 N–H and O–H groups in total. The summed E-state index contributed by atoms with van der Waals surface area (Å²) in [5.41, 5.74) is 1.11. The van der Waals surface area contributed by atoms with E-state index >= 15 is 0 Å². The zero-order valence-electron chi connectivity index (χ0n) is 16.0. The molecule has 0 bridgehead atoms. The molecular weight excluding hydrogens is 359 g/mol. The summed E-state index contributed by atoms with van der Waals surface area (Å²) >= 11 is 0. The highest BCUT2D eigenvalue weighted by Gasteiger charge is 2.49. The lowest BCUT2D eigenvalue weighted by molar-refractivity contribution is -0.142. The normalized spacial score (nSPS) is 17.6. The molecule has 1 saturated heterocycles. The van der Waals surface area contributed by atoms with E-state index in [0.717, 1.165) is 23.6 Å². The SMILES string of the molecule is CCNC(=O)C1(Cc2ccccc2F)CN(Cc2ccc3c(c2)OCCO3)C1. The van der Waals surface area contributed by atoms with Gasteiger partial charge >= 0.3 is 0 Å². The van der Waals surface area contributed by atoms with Gasteiger partial charge in [-0.15, -0.1) is 0 Å². The fourth-order valence-electron chi connectivity index (χ4n) is 4.06. The average Bonchev–Trinajstić information content (AvgIpc) is 2.67. The Hall–Kier alpha value is -2.60. The van der Waals surface area contributed by atoms with Gasteiger partial charge in [0, 0.05) is 26.2 Å². The first-order chi connectivity index (χ1) is 13.6. The highest BCUT2D eigenvalue weighted by atomic mass is 19.1. The minimum atomic E-state index is -0.591. The van der Waals surface area contributed by atoms with E-state index in [2.05, 4.69) is 10.2 Å². The van der Waals surface area contributed by atoms with Gasteiger partial charge in [0.1, 0.15) is 19.0 Å². The summed E-state index contributed by atoms with van der Waals surface area (Å²) in [6.07, 6.45) is 0.406. The molecule has 4 rings (SSSR count). The van der Waals surface area contributed by atoms with Crippen LogP contribution in [-0.4, -0.2) is 43.7 Å². The molecule has 2 aromatic rings. The molecule has 0 radical (unpaired) electrons. The summed E-state index contributed by atoms with van der Waals surface area (Å²) in [6, 6.07) is 12.7. The van der Waals surface area contributed by atoms with Crippen LogP contribution >= 0.6 is 0 Å². The maximum atomic E-state index is 14.2. The lowest BCUT2D eigenvalue weighted by Crippen LogP contribution is -2.63. The Kier molecular flexibility index (Phi) is 5.22. The smallest absolute Gasteiger partial charge is 0.229 e. The predicted octanol–water partition coefficient (Wildman–Crippen LogP) is 2.78. The Balaban J connectivity index is 1.46. The second-order valence-electron chi connectivity index (χ2n) is 7.53. The predicted molar refractivity (Wildman–Crippen MR) is 104 cm³/mol. The van der Waals surface area contributed by atoms with E-state index < -0.39 is 5.41 Å². The molecule has 5 nitrogen and oxygen atoms in total. The van der Waals surface area contributed by atoms with Crippen molar-refractivity contribution < 1.29 is 18.7 Å². The molecule has 2 heterocycles. The lowest BCUT2D eigenvalue weighted by atomic mass is 9.73. The molecule has 0 spiro atoms. The number of halogens is 1. The van der Waals surface area contributed by atoms with Crippen molar-refractivity contribution in [2.75, 3.05) is 32.8 Å². The zero-order valence-corrected chi connectivity index (χ0v) is 16.0. The summed E-state index contributed by atoms with van der Waals surface area (Å²) in [7, 11) is 0. The third kappa shape index (κ3) is 3.69. The van der Waals surface area contributed by atoms with Crippen LogP contribution in [-0.2, 0) is 17.8 Å². The van der Waals surface area contributed by atoms with E-state index in [1.54, 1.807) is 12.1 Å².